The van der Waals surface area contributed by atoms with Crippen molar-refractivity contribution in [3.8, 4) is 39.4 Å². The maximum absolute atomic E-state index is 12.9. The molecule has 2 atom stereocenters. The van der Waals surface area contributed by atoms with Crippen molar-refractivity contribution in [2.45, 2.75) is 50.9 Å². The summed E-state index contributed by atoms with van der Waals surface area (Å²) in [6.07, 6.45) is 4.42. The number of aromatic nitrogens is 3. The van der Waals surface area contributed by atoms with Gasteiger partial charge < -0.3 is 26.0 Å². The molecule has 2 fully saturated rings. The number of carbonyl (C=O) groups is 2. The van der Waals surface area contributed by atoms with Gasteiger partial charge in [0.15, 0.2) is 0 Å². The number of methoxy groups -OCH3 is 1. The molecule has 0 radical (unpaired) electrons. The Bertz CT molecular complexity index is 2190. The number of ether oxygens (including phenoxy) is 1. The molecule has 51 heavy (non-hydrogen) atoms. The highest BCUT2D eigenvalue weighted by Gasteiger charge is 2.22. The number of nitrogens with zero attached hydrogens (tertiary/aromatic N) is 3. The lowest BCUT2D eigenvalue weighted by atomic mass is 9.97. The van der Waals surface area contributed by atoms with Crippen molar-refractivity contribution in [1.29, 1.82) is 0 Å². The number of rotatable bonds is 12. The molecule has 2 aliphatic rings. The summed E-state index contributed by atoms with van der Waals surface area (Å²) in [6.45, 7) is 2.21. The summed E-state index contributed by atoms with van der Waals surface area (Å²) < 4.78 is 7.15. The van der Waals surface area contributed by atoms with Gasteiger partial charge in [-0.25, -0.2) is 9.97 Å². The van der Waals surface area contributed by atoms with Gasteiger partial charge in [-0.2, -0.15) is 0 Å². The number of fused-ring (bicyclic) bond motifs is 1. The van der Waals surface area contributed by atoms with E-state index in [-0.39, 0.29) is 29.5 Å². The van der Waals surface area contributed by atoms with Crippen LogP contribution in [0.4, 0.5) is 0 Å². The Morgan fingerprint density at radius 3 is 2.06 bits per heavy atom. The minimum atomic E-state index is -0.186. The highest BCUT2D eigenvalue weighted by atomic mass is 35.5. The van der Waals surface area contributed by atoms with Crippen molar-refractivity contribution < 1.29 is 14.3 Å². The molecular formula is C38H37Cl2N7O4. The number of hydrogen-bond acceptors (Lipinski definition) is 8. The first-order chi connectivity index (χ1) is 24.8. The molecule has 3 aromatic heterocycles. The van der Waals surface area contributed by atoms with E-state index < -0.39 is 0 Å². The molecule has 5 aromatic rings. The standard InChI is InChI=1S/C38H37Cl2N7O4/c1-51-38-23(18-41-19-24-9-12-33(48)44-24)8-11-31(46-38)30-7-3-6-29(37(30)40)28-5-2-4-27(36(28)39)22-14-15-47-32(16-22)43-26(17-35(47)50)21-42-20-25-10-13-34(49)45-25/h2-8,11,14-17,24-25,41-42H,9-10,12-13,18-21H2,1H3,(H,44,48)(H,45,49)/t24-,25-/m0/s1. The smallest absolute Gasteiger partial charge is 0.258 e. The fourth-order valence-electron chi connectivity index (χ4n) is 6.66. The third-order valence-electron chi connectivity index (χ3n) is 9.30. The topological polar surface area (TPSA) is 139 Å². The predicted molar refractivity (Wildman–Crippen MR) is 198 cm³/mol. The van der Waals surface area contributed by atoms with Gasteiger partial charge in [0, 0.05) is 91.2 Å². The molecule has 11 nitrogen and oxygen atoms in total. The molecule has 0 bridgehead atoms. The SMILES string of the molecule is COc1nc(-c2cccc(-c3cccc(-c4ccn5c(=O)cc(CNC[C@@H]6CCC(=O)N6)nc5c4)c3Cl)c2Cl)ccc1CNC[C@@H]1CCC(=O)N1. The summed E-state index contributed by atoms with van der Waals surface area (Å²) in [4.78, 5) is 45.5. The van der Waals surface area contributed by atoms with Gasteiger partial charge in [-0.15, -0.1) is 0 Å². The van der Waals surface area contributed by atoms with Crippen LogP contribution in [-0.4, -0.2) is 58.5 Å². The van der Waals surface area contributed by atoms with E-state index in [2.05, 4.69) is 21.3 Å². The molecule has 7 rings (SSSR count). The summed E-state index contributed by atoms with van der Waals surface area (Å²) in [5.74, 6) is 0.645. The van der Waals surface area contributed by atoms with Gasteiger partial charge in [0.1, 0.15) is 5.65 Å². The van der Waals surface area contributed by atoms with Crippen LogP contribution in [0.5, 0.6) is 5.88 Å². The van der Waals surface area contributed by atoms with Crippen molar-refractivity contribution in [1.82, 2.24) is 35.6 Å². The third-order valence-corrected chi connectivity index (χ3v) is 10.1. The second-order valence-electron chi connectivity index (χ2n) is 12.8. The monoisotopic (exact) mass is 725 g/mol. The van der Waals surface area contributed by atoms with E-state index in [0.29, 0.717) is 72.0 Å². The zero-order chi connectivity index (χ0) is 35.5. The second kappa shape index (κ2) is 15.2. The molecule has 2 saturated heterocycles. The number of nitrogens with one attached hydrogen (secondary N) is 4. The van der Waals surface area contributed by atoms with E-state index >= 15 is 0 Å². The molecule has 0 aliphatic carbocycles. The molecule has 0 saturated carbocycles. The highest BCUT2D eigenvalue weighted by molar-refractivity contribution is 6.39. The largest absolute Gasteiger partial charge is 0.481 e. The number of amides is 2. The van der Waals surface area contributed by atoms with Crippen LogP contribution in [0, 0.1) is 0 Å². The maximum atomic E-state index is 12.9. The van der Waals surface area contributed by atoms with E-state index in [1.165, 1.54) is 10.5 Å². The molecule has 2 aliphatic heterocycles. The van der Waals surface area contributed by atoms with Crippen LogP contribution in [0.2, 0.25) is 10.0 Å². The van der Waals surface area contributed by atoms with Gasteiger partial charge >= 0.3 is 0 Å². The second-order valence-corrected chi connectivity index (χ2v) is 13.6. The van der Waals surface area contributed by atoms with E-state index in [0.717, 1.165) is 46.2 Å². The zero-order valence-electron chi connectivity index (χ0n) is 28.0. The maximum Gasteiger partial charge on any atom is 0.258 e. The van der Waals surface area contributed by atoms with Gasteiger partial charge in [0.2, 0.25) is 17.7 Å². The molecule has 2 aromatic carbocycles. The van der Waals surface area contributed by atoms with Crippen LogP contribution in [0.15, 0.2) is 77.7 Å². The van der Waals surface area contributed by atoms with E-state index in [9.17, 15) is 14.4 Å². The summed E-state index contributed by atoms with van der Waals surface area (Å²) >= 11 is 14.2. The number of pyridine rings is 2. The molecule has 5 heterocycles. The average Bonchev–Trinajstić information content (AvgIpc) is 3.75. The highest BCUT2D eigenvalue weighted by Crippen LogP contribution is 2.42. The molecule has 4 N–H and O–H groups in total. The number of benzene rings is 2. The molecule has 2 amide bonds. The minimum absolute atomic E-state index is 0.0650. The summed E-state index contributed by atoms with van der Waals surface area (Å²) in [5, 5.41) is 13.6. The predicted octanol–water partition coefficient (Wildman–Crippen LogP) is 5.14. The molecule has 13 heteroatoms. The van der Waals surface area contributed by atoms with Gasteiger partial charge in [-0.05, 0) is 36.6 Å². The quantitative estimate of drug-likeness (QED) is 0.139. The lowest BCUT2D eigenvalue weighted by molar-refractivity contribution is -0.120. The van der Waals surface area contributed by atoms with Crippen LogP contribution >= 0.6 is 23.2 Å². The molecular weight excluding hydrogens is 689 g/mol. The number of carbonyl (C=O) groups excluding carboxylic acids is 2. The zero-order valence-corrected chi connectivity index (χ0v) is 29.5. The Labute approximate surface area is 304 Å². The van der Waals surface area contributed by atoms with E-state index in [1.54, 1.807) is 13.3 Å². The van der Waals surface area contributed by atoms with Gasteiger partial charge in [0.25, 0.3) is 5.56 Å². The Kier molecular flexibility index (Phi) is 10.3. The summed E-state index contributed by atoms with van der Waals surface area (Å²) in [6, 6.07) is 20.8. The lowest BCUT2D eigenvalue weighted by Crippen LogP contribution is -2.35. The van der Waals surface area contributed by atoms with Crippen molar-refractivity contribution >= 4 is 40.7 Å². The minimum Gasteiger partial charge on any atom is -0.481 e. The van der Waals surface area contributed by atoms with Crippen LogP contribution in [0.3, 0.4) is 0 Å². The van der Waals surface area contributed by atoms with Crippen molar-refractivity contribution in [2.24, 2.45) is 0 Å². The van der Waals surface area contributed by atoms with Crippen LogP contribution in [-0.2, 0) is 22.7 Å². The summed E-state index contributed by atoms with van der Waals surface area (Å²) in [5.41, 5.74) is 6.25. The van der Waals surface area contributed by atoms with E-state index in [4.69, 9.17) is 37.9 Å². The van der Waals surface area contributed by atoms with E-state index in [1.807, 2.05) is 60.7 Å². The first kappa shape index (κ1) is 34.6. The third kappa shape index (κ3) is 7.62. The van der Waals surface area contributed by atoms with Crippen LogP contribution in [0.1, 0.15) is 36.9 Å². The van der Waals surface area contributed by atoms with Gasteiger partial charge in [-0.3, -0.25) is 18.8 Å². The normalized spacial score (nSPS) is 17.2. The average molecular weight is 727 g/mol. The van der Waals surface area contributed by atoms with Gasteiger partial charge in [0.05, 0.1) is 28.5 Å². The summed E-state index contributed by atoms with van der Waals surface area (Å²) in [7, 11) is 1.59. The molecule has 262 valence electrons. The van der Waals surface area contributed by atoms with Crippen molar-refractivity contribution in [2.75, 3.05) is 20.2 Å². The molecule has 0 spiro atoms. The Hall–Kier alpha value is -4.81. The molecule has 0 unspecified atom stereocenters. The first-order valence-electron chi connectivity index (χ1n) is 16.9. The van der Waals surface area contributed by atoms with Gasteiger partial charge in [-0.1, -0.05) is 65.7 Å². The van der Waals surface area contributed by atoms with Crippen LogP contribution < -0.4 is 31.6 Å². The number of halogens is 2. The van der Waals surface area contributed by atoms with Crippen molar-refractivity contribution in [3.05, 3.63) is 105 Å². The Morgan fingerprint density at radius 2 is 1.41 bits per heavy atom. The Balaban J connectivity index is 1.12. The Morgan fingerprint density at radius 1 is 0.784 bits per heavy atom. The fraction of sp³-hybridized carbons (Fsp3) is 0.289. The first-order valence-corrected chi connectivity index (χ1v) is 17.7. The fourth-order valence-corrected chi connectivity index (χ4v) is 7.32. The van der Waals surface area contributed by atoms with Crippen LogP contribution in [0.25, 0.3) is 39.2 Å². The number of hydrogen-bond donors (Lipinski definition) is 4. The lowest BCUT2D eigenvalue weighted by Gasteiger charge is -2.16. The van der Waals surface area contributed by atoms with Crippen molar-refractivity contribution in [3.63, 3.8) is 0 Å².